The molecule has 284 valence electrons. The highest BCUT2D eigenvalue weighted by Crippen LogP contribution is 2.28. The molecular weight excluding hydrogens is 739 g/mol. The van der Waals surface area contributed by atoms with Crippen LogP contribution in [0.25, 0.3) is 21.9 Å². The zero-order valence-electron chi connectivity index (χ0n) is 30.0. The number of furan rings is 1. The Balaban J connectivity index is 0.908. The van der Waals surface area contributed by atoms with E-state index in [9.17, 15) is 26.9 Å². The number of benzene rings is 4. The molecule has 13 nitrogen and oxygen atoms in total. The van der Waals surface area contributed by atoms with Crippen LogP contribution in [0.4, 0.5) is 5.69 Å². The number of carbonyl (C=O) groups is 1. The van der Waals surface area contributed by atoms with Crippen LogP contribution in [-0.4, -0.2) is 64.3 Å². The summed E-state index contributed by atoms with van der Waals surface area (Å²) in [5.41, 5.74) is 4.99. The highest BCUT2D eigenvalue weighted by Gasteiger charge is 2.22. The van der Waals surface area contributed by atoms with Crippen molar-refractivity contribution in [2.24, 2.45) is 0 Å². The maximum atomic E-state index is 13.4. The van der Waals surface area contributed by atoms with Gasteiger partial charge in [-0.3, -0.25) is 9.69 Å². The lowest BCUT2D eigenvalue weighted by Crippen LogP contribution is -2.46. The summed E-state index contributed by atoms with van der Waals surface area (Å²) >= 11 is 0. The van der Waals surface area contributed by atoms with Gasteiger partial charge in [0.2, 0.25) is 0 Å². The number of piperazine rings is 1. The second kappa shape index (κ2) is 16.5. The summed E-state index contributed by atoms with van der Waals surface area (Å²) in [7, 11) is -7.97. The molecule has 0 saturated carbocycles. The van der Waals surface area contributed by atoms with Crippen LogP contribution in [-0.2, 0) is 39.9 Å². The number of hydrogen-bond acceptors (Lipinski definition) is 9. The van der Waals surface area contributed by atoms with Gasteiger partial charge in [-0.2, -0.15) is 31.5 Å². The molecule has 4 aromatic carbocycles. The van der Waals surface area contributed by atoms with E-state index >= 15 is 0 Å². The van der Waals surface area contributed by atoms with Crippen molar-refractivity contribution in [2.45, 2.75) is 32.4 Å². The lowest BCUT2D eigenvalue weighted by molar-refractivity contribution is 0.0956. The van der Waals surface area contributed by atoms with E-state index < -0.39 is 26.3 Å². The number of unbranched alkanes of at least 4 members (excludes halogenated alkanes) is 1. The number of nitrogens with one attached hydrogen (secondary N) is 3. The van der Waals surface area contributed by atoms with Gasteiger partial charge in [0.25, 0.3) is 0 Å². The highest BCUT2D eigenvalue weighted by molar-refractivity contribution is 7.88. The van der Waals surface area contributed by atoms with Crippen LogP contribution >= 0.6 is 0 Å². The first-order valence-corrected chi connectivity index (χ1v) is 20.9. The van der Waals surface area contributed by atoms with E-state index in [1.807, 2.05) is 53.3 Å². The Morgan fingerprint density at radius 1 is 0.782 bits per heavy atom. The molecule has 1 aliphatic heterocycles. The molecule has 1 fully saturated rings. The molecule has 0 unspecified atom stereocenters. The topological polar surface area (TPSA) is 170 Å². The van der Waals surface area contributed by atoms with E-state index in [1.165, 1.54) is 3.97 Å². The number of rotatable bonds is 15. The summed E-state index contributed by atoms with van der Waals surface area (Å²) in [4.78, 5) is 17.5. The number of amides is 1. The molecule has 3 heterocycles. The predicted octanol–water partition coefficient (Wildman–Crippen LogP) is 5.05. The van der Waals surface area contributed by atoms with Crippen molar-refractivity contribution in [2.75, 3.05) is 37.6 Å². The van der Waals surface area contributed by atoms with Gasteiger partial charge in [-0.25, -0.2) is 8.69 Å². The summed E-state index contributed by atoms with van der Waals surface area (Å²) in [5.74, 6) is -0.955. The Bertz CT molecular complexity index is 2560. The zero-order valence-corrected chi connectivity index (χ0v) is 31.7. The number of aryl methyl sites for hydroxylation is 1. The van der Waals surface area contributed by atoms with Crippen LogP contribution in [0.2, 0.25) is 0 Å². The largest absolute Gasteiger partial charge is 0.451 e. The second-order valence-electron chi connectivity index (χ2n) is 13.5. The summed E-state index contributed by atoms with van der Waals surface area (Å²) in [6, 6.07) is 32.8. The number of hydrogen-bond donors (Lipinski definition) is 3. The first-order chi connectivity index (χ1) is 26.6. The summed E-state index contributed by atoms with van der Waals surface area (Å²) < 4.78 is 65.8. The molecular formula is C40H41N7O6S2. The monoisotopic (exact) mass is 779 g/mol. The third-order valence-corrected chi connectivity index (χ3v) is 12.0. The molecule has 0 aliphatic carbocycles. The smallest absolute Gasteiger partial charge is 0.305 e. The van der Waals surface area contributed by atoms with Crippen molar-refractivity contribution in [3.63, 3.8) is 0 Å². The molecule has 7 rings (SSSR count). The van der Waals surface area contributed by atoms with Crippen LogP contribution in [0.15, 0.2) is 114 Å². The molecule has 1 amide bonds. The Labute approximate surface area is 320 Å². The van der Waals surface area contributed by atoms with E-state index in [1.54, 1.807) is 60.8 Å². The minimum Gasteiger partial charge on any atom is -0.451 e. The van der Waals surface area contributed by atoms with E-state index in [4.69, 9.17) is 4.42 Å². The fourth-order valence-corrected chi connectivity index (χ4v) is 8.72. The van der Waals surface area contributed by atoms with Crippen molar-refractivity contribution >= 4 is 53.9 Å². The molecule has 0 spiro atoms. The molecule has 0 radical (unpaired) electrons. The molecule has 55 heavy (non-hydrogen) atoms. The first-order valence-electron chi connectivity index (χ1n) is 18.0. The van der Waals surface area contributed by atoms with Crippen molar-refractivity contribution in [3.05, 3.63) is 137 Å². The number of carbonyl (C=O) groups excluding carboxylic acids is 1. The fraction of sp³-hybridized carbons (Fsp3) is 0.250. The van der Waals surface area contributed by atoms with Gasteiger partial charge in [0.05, 0.1) is 17.1 Å². The number of nitriles is 1. The minimum atomic E-state index is -4.10. The molecule has 3 N–H and O–H groups in total. The Kier molecular flexibility index (Phi) is 11.3. The summed E-state index contributed by atoms with van der Waals surface area (Å²) in [5, 5.41) is 11.0. The molecule has 1 saturated heterocycles. The van der Waals surface area contributed by atoms with Gasteiger partial charge in [0.1, 0.15) is 5.58 Å². The van der Waals surface area contributed by atoms with Crippen LogP contribution in [0.5, 0.6) is 0 Å². The number of aromatic nitrogens is 1. The van der Waals surface area contributed by atoms with Gasteiger partial charge in [-0.15, -0.1) is 0 Å². The first kappa shape index (κ1) is 37.8. The normalized spacial score (nSPS) is 14.0. The lowest BCUT2D eigenvalue weighted by atomic mass is 10.1. The standard InChI is InChI=1S/C40H41N7O6S2/c41-26-32-14-16-37-36(23-32)33(29-47(37)55(51,52)43-28-31-11-5-2-6-12-31)13-7-8-18-45-19-21-46(22-20-45)35-15-17-38-34(24-35)25-39(53-38)40(48)44-54(49,50)42-27-30-9-3-1-4-10-30/h1-6,9-12,14-17,23-25,29,42-43H,7-8,13,18-22,27-28H2,(H,44,48). The maximum absolute atomic E-state index is 13.4. The average molecular weight is 780 g/mol. The van der Waals surface area contributed by atoms with Gasteiger partial charge in [0, 0.05) is 61.9 Å². The zero-order chi connectivity index (χ0) is 38.4. The third kappa shape index (κ3) is 9.25. The number of anilines is 1. The molecule has 1 aliphatic rings. The minimum absolute atomic E-state index is 0.0415. The quantitative estimate of drug-likeness (QED) is 0.121. The van der Waals surface area contributed by atoms with Gasteiger partial charge in [-0.1, -0.05) is 60.7 Å². The highest BCUT2D eigenvalue weighted by atomic mass is 32.2. The maximum Gasteiger partial charge on any atom is 0.305 e. The predicted molar refractivity (Wildman–Crippen MR) is 212 cm³/mol. The van der Waals surface area contributed by atoms with Crippen molar-refractivity contribution < 1.29 is 26.0 Å². The van der Waals surface area contributed by atoms with E-state index in [-0.39, 0.29) is 18.8 Å². The van der Waals surface area contributed by atoms with Crippen molar-refractivity contribution in [1.82, 2.24) is 23.0 Å². The van der Waals surface area contributed by atoms with E-state index in [0.29, 0.717) is 28.5 Å². The van der Waals surface area contributed by atoms with Crippen LogP contribution in [0.1, 0.15) is 45.7 Å². The van der Waals surface area contributed by atoms with Gasteiger partial charge >= 0.3 is 26.3 Å². The molecule has 0 bridgehead atoms. The number of fused-ring (bicyclic) bond motifs is 2. The fourth-order valence-electron chi connectivity index (χ4n) is 6.78. The summed E-state index contributed by atoms with van der Waals surface area (Å²) in [6.07, 6.45) is 4.13. The van der Waals surface area contributed by atoms with Crippen LogP contribution < -0.4 is 19.1 Å². The molecule has 6 aromatic rings. The van der Waals surface area contributed by atoms with Crippen molar-refractivity contribution in [1.29, 1.82) is 5.26 Å². The van der Waals surface area contributed by atoms with Crippen LogP contribution in [0.3, 0.4) is 0 Å². The lowest BCUT2D eigenvalue weighted by Gasteiger charge is -2.36. The molecule has 0 atom stereocenters. The SMILES string of the molecule is N#Cc1ccc2c(c1)c(CCCCN1CCN(c3ccc4oc(C(=O)NS(=O)(=O)NCc5ccccc5)cc4c3)CC1)cn2S(=O)(=O)NCc1ccccc1. The van der Waals surface area contributed by atoms with Crippen molar-refractivity contribution in [3.8, 4) is 6.07 Å². The number of nitrogens with zero attached hydrogens (tertiary/aromatic N) is 4. The summed E-state index contributed by atoms with van der Waals surface area (Å²) in [6.45, 7) is 4.44. The third-order valence-electron chi connectivity index (χ3n) is 9.71. The van der Waals surface area contributed by atoms with Gasteiger partial charge < -0.3 is 9.32 Å². The van der Waals surface area contributed by atoms with Crippen LogP contribution in [0, 0.1) is 11.3 Å². The van der Waals surface area contributed by atoms with Gasteiger partial charge in [-0.05, 0) is 85.0 Å². The average Bonchev–Trinajstić information content (AvgIpc) is 3.81. The second-order valence-corrected chi connectivity index (χ2v) is 16.6. The Hall–Kier alpha value is -5.50. The van der Waals surface area contributed by atoms with E-state index in [0.717, 1.165) is 73.3 Å². The van der Waals surface area contributed by atoms with E-state index in [2.05, 4.69) is 25.3 Å². The molecule has 2 aromatic heterocycles. The molecule has 15 heteroatoms. The Morgan fingerprint density at radius 2 is 1.47 bits per heavy atom. The van der Waals surface area contributed by atoms with Gasteiger partial charge in [0.15, 0.2) is 5.76 Å². The Morgan fingerprint density at radius 3 is 2.16 bits per heavy atom.